The molecule has 2 rings (SSSR count). The third-order valence-electron chi connectivity index (χ3n) is 2.89. The van der Waals surface area contributed by atoms with Crippen molar-refractivity contribution in [3.8, 4) is 0 Å². The Morgan fingerprint density at radius 2 is 2.47 bits per heavy atom. The van der Waals surface area contributed by atoms with Gasteiger partial charge in [-0.15, -0.1) is 11.3 Å². The fourth-order valence-corrected chi connectivity index (χ4v) is 3.23. The van der Waals surface area contributed by atoms with Crippen molar-refractivity contribution in [1.29, 1.82) is 0 Å². The highest BCUT2D eigenvalue weighted by Crippen LogP contribution is 2.22. The number of hydrogen-bond acceptors (Lipinski definition) is 4. The van der Waals surface area contributed by atoms with Crippen LogP contribution in [0.4, 0.5) is 0 Å². The molecule has 3 nitrogen and oxygen atoms in total. The van der Waals surface area contributed by atoms with Crippen LogP contribution in [-0.2, 0) is 4.74 Å². The lowest BCUT2D eigenvalue weighted by Gasteiger charge is -2.31. The number of halogens is 1. The molecule has 0 N–H and O–H groups in total. The Balaban J connectivity index is 1.90. The Morgan fingerprint density at radius 3 is 3.12 bits per heavy atom. The molecule has 1 saturated heterocycles. The van der Waals surface area contributed by atoms with Crippen LogP contribution in [0.5, 0.6) is 0 Å². The van der Waals surface area contributed by atoms with E-state index < -0.39 is 0 Å². The van der Waals surface area contributed by atoms with Crippen LogP contribution in [0.2, 0.25) is 0 Å². The molecule has 0 aromatic carbocycles. The monoisotopic (exact) mass is 317 g/mol. The Hall–Kier alpha value is -0.230. The van der Waals surface area contributed by atoms with Gasteiger partial charge in [0.1, 0.15) is 0 Å². The third-order valence-corrected chi connectivity index (χ3v) is 4.56. The van der Waals surface area contributed by atoms with Crippen molar-refractivity contribution in [2.45, 2.75) is 19.4 Å². The third kappa shape index (κ3) is 3.61. The highest BCUT2D eigenvalue weighted by molar-refractivity contribution is 9.11. The van der Waals surface area contributed by atoms with Crippen molar-refractivity contribution < 1.29 is 9.53 Å². The number of Topliss-reactive ketones (excluding diaryl/α,β-unsaturated/α-hetero) is 1. The smallest absolute Gasteiger partial charge is 0.186 e. The number of carbonyl (C=O) groups is 1. The minimum absolute atomic E-state index is 0.206. The van der Waals surface area contributed by atoms with Crippen LogP contribution in [0.1, 0.15) is 23.0 Å². The predicted molar refractivity (Wildman–Crippen MR) is 72.8 cm³/mol. The highest BCUT2D eigenvalue weighted by atomic mass is 79.9. The molecular weight excluding hydrogens is 302 g/mol. The van der Waals surface area contributed by atoms with E-state index in [1.54, 1.807) is 0 Å². The van der Waals surface area contributed by atoms with E-state index in [2.05, 4.69) is 27.8 Å². The lowest BCUT2D eigenvalue weighted by molar-refractivity contribution is -0.0271. The van der Waals surface area contributed by atoms with Gasteiger partial charge in [0.05, 0.1) is 27.9 Å². The van der Waals surface area contributed by atoms with Gasteiger partial charge in [0.25, 0.3) is 0 Å². The van der Waals surface area contributed by atoms with Crippen LogP contribution >= 0.6 is 27.3 Å². The average molecular weight is 318 g/mol. The molecule has 1 aromatic heterocycles. The first kappa shape index (κ1) is 13.2. The van der Waals surface area contributed by atoms with Gasteiger partial charge in [-0.25, -0.2) is 0 Å². The number of carbonyl (C=O) groups excluding carboxylic acids is 1. The minimum atomic E-state index is 0.206. The zero-order chi connectivity index (χ0) is 12.3. The number of ether oxygens (including phenoxy) is 1. The van der Waals surface area contributed by atoms with Crippen LogP contribution in [-0.4, -0.2) is 43.0 Å². The number of thiophene rings is 1. The molecule has 1 aliphatic rings. The Bertz CT molecular complexity index is 394. The Morgan fingerprint density at radius 1 is 1.65 bits per heavy atom. The molecule has 1 unspecified atom stereocenters. The number of ketones is 1. The van der Waals surface area contributed by atoms with Gasteiger partial charge < -0.3 is 4.74 Å². The fourth-order valence-electron chi connectivity index (χ4n) is 1.92. The van der Waals surface area contributed by atoms with E-state index in [1.807, 2.05) is 12.1 Å². The van der Waals surface area contributed by atoms with Crippen molar-refractivity contribution in [3.63, 3.8) is 0 Å². The summed E-state index contributed by atoms with van der Waals surface area (Å²) in [7, 11) is 0. The first-order valence-corrected chi connectivity index (χ1v) is 7.42. The van der Waals surface area contributed by atoms with E-state index in [0.717, 1.165) is 34.8 Å². The van der Waals surface area contributed by atoms with Crippen molar-refractivity contribution in [2.24, 2.45) is 0 Å². The largest absolute Gasteiger partial charge is 0.376 e. The zero-order valence-corrected chi connectivity index (χ0v) is 12.2. The maximum Gasteiger partial charge on any atom is 0.186 e. The summed E-state index contributed by atoms with van der Waals surface area (Å²) in [5, 5.41) is 0. The summed E-state index contributed by atoms with van der Waals surface area (Å²) in [5.74, 6) is 0.206. The highest BCUT2D eigenvalue weighted by Gasteiger charge is 2.21. The molecule has 2 heterocycles. The molecule has 0 amide bonds. The van der Waals surface area contributed by atoms with Crippen molar-refractivity contribution >= 4 is 33.0 Å². The number of hydrogen-bond donors (Lipinski definition) is 0. The van der Waals surface area contributed by atoms with Gasteiger partial charge in [-0.1, -0.05) is 6.92 Å². The van der Waals surface area contributed by atoms with E-state index in [4.69, 9.17) is 4.74 Å². The van der Waals surface area contributed by atoms with Gasteiger partial charge >= 0.3 is 0 Å². The van der Waals surface area contributed by atoms with E-state index in [1.165, 1.54) is 11.3 Å². The first-order valence-electron chi connectivity index (χ1n) is 5.81. The normalized spacial score (nSPS) is 21.6. The molecule has 0 radical (unpaired) electrons. The van der Waals surface area contributed by atoms with Crippen LogP contribution in [0.25, 0.3) is 0 Å². The zero-order valence-electron chi connectivity index (χ0n) is 9.82. The summed E-state index contributed by atoms with van der Waals surface area (Å²) in [4.78, 5) is 15.0. The van der Waals surface area contributed by atoms with Crippen LogP contribution in [0.3, 0.4) is 0 Å². The van der Waals surface area contributed by atoms with E-state index in [0.29, 0.717) is 6.54 Å². The first-order chi connectivity index (χ1) is 8.19. The number of morpholine rings is 1. The second-order valence-corrected chi connectivity index (χ2v) is 6.63. The van der Waals surface area contributed by atoms with Crippen molar-refractivity contribution in [2.75, 3.05) is 26.2 Å². The van der Waals surface area contributed by atoms with Gasteiger partial charge in [0.2, 0.25) is 0 Å². The molecule has 0 bridgehead atoms. The van der Waals surface area contributed by atoms with E-state index in [-0.39, 0.29) is 11.9 Å². The molecule has 1 fully saturated rings. The average Bonchev–Trinajstić information content (AvgIpc) is 2.76. The molecule has 1 aromatic rings. The molecule has 0 aliphatic carbocycles. The van der Waals surface area contributed by atoms with Crippen molar-refractivity contribution in [3.05, 3.63) is 20.8 Å². The van der Waals surface area contributed by atoms with Gasteiger partial charge in [-0.2, -0.15) is 0 Å². The molecule has 0 spiro atoms. The summed E-state index contributed by atoms with van der Waals surface area (Å²) >= 11 is 4.88. The van der Waals surface area contributed by atoms with Gasteiger partial charge in [-0.05, 0) is 34.5 Å². The lowest BCUT2D eigenvalue weighted by Crippen LogP contribution is -2.44. The minimum Gasteiger partial charge on any atom is -0.376 e. The summed E-state index contributed by atoms with van der Waals surface area (Å²) < 4.78 is 6.60. The van der Waals surface area contributed by atoms with Crippen LogP contribution in [0.15, 0.2) is 15.9 Å². The lowest BCUT2D eigenvalue weighted by atomic mass is 10.2. The van der Waals surface area contributed by atoms with Gasteiger partial charge in [0.15, 0.2) is 5.78 Å². The molecule has 0 saturated carbocycles. The standard InChI is InChI=1S/C12H16BrNO2S/c1-2-9-7-14(5-6-16-9)8-10(15)11-3-4-12(13)17-11/h3-4,9H,2,5-8H2,1H3. The quantitative estimate of drug-likeness (QED) is 0.800. The SMILES string of the molecule is CCC1CN(CC(=O)c2ccc(Br)s2)CCO1. The maximum absolute atomic E-state index is 12.0. The molecule has 17 heavy (non-hydrogen) atoms. The van der Waals surface area contributed by atoms with E-state index >= 15 is 0 Å². The van der Waals surface area contributed by atoms with Crippen molar-refractivity contribution in [1.82, 2.24) is 4.90 Å². The number of nitrogens with zero attached hydrogens (tertiary/aromatic N) is 1. The van der Waals surface area contributed by atoms with E-state index in [9.17, 15) is 4.79 Å². The van der Waals surface area contributed by atoms with Crippen LogP contribution in [0, 0.1) is 0 Å². The summed E-state index contributed by atoms with van der Waals surface area (Å²) in [6.07, 6.45) is 1.29. The fraction of sp³-hybridized carbons (Fsp3) is 0.583. The van der Waals surface area contributed by atoms with Gasteiger partial charge in [-0.3, -0.25) is 9.69 Å². The number of rotatable bonds is 4. The molecule has 1 atom stereocenters. The maximum atomic E-state index is 12.0. The Kier molecular flexibility index (Phi) is 4.73. The molecule has 1 aliphatic heterocycles. The molecular formula is C12H16BrNO2S. The molecule has 5 heteroatoms. The second kappa shape index (κ2) is 6.09. The van der Waals surface area contributed by atoms with Crippen LogP contribution < -0.4 is 0 Å². The molecule has 94 valence electrons. The predicted octanol–water partition coefficient (Wildman–Crippen LogP) is 2.80. The summed E-state index contributed by atoms with van der Waals surface area (Å²) in [5.41, 5.74) is 0. The second-order valence-electron chi connectivity index (χ2n) is 4.16. The topological polar surface area (TPSA) is 29.5 Å². The summed E-state index contributed by atoms with van der Waals surface area (Å²) in [6, 6.07) is 3.81. The van der Waals surface area contributed by atoms with Gasteiger partial charge in [0, 0.05) is 13.1 Å². The summed E-state index contributed by atoms with van der Waals surface area (Å²) in [6.45, 7) is 5.09. The Labute approximate surface area is 114 Å².